The maximum atomic E-state index is 5.85. The van der Waals surface area contributed by atoms with Crippen LogP contribution in [0.2, 0.25) is 0 Å². The number of hydrogen-bond donors (Lipinski definition) is 2. The molecule has 118 valence electrons. The van der Waals surface area contributed by atoms with Crippen LogP contribution in [0.1, 0.15) is 70.4 Å². The van der Waals surface area contributed by atoms with Crippen molar-refractivity contribution in [3.63, 3.8) is 0 Å². The van der Waals surface area contributed by atoms with Crippen molar-refractivity contribution in [2.75, 3.05) is 0 Å². The molecule has 2 heteroatoms. The Labute approximate surface area is 130 Å². The second kappa shape index (κ2) is 6.93. The van der Waals surface area contributed by atoms with E-state index in [9.17, 15) is 0 Å². The summed E-state index contributed by atoms with van der Waals surface area (Å²) in [6, 6.07) is 9.38. The van der Waals surface area contributed by atoms with E-state index in [2.05, 4.69) is 57.4 Å². The number of benzene rings is 1. The van der Waals surface area contributed by atoms with Gasteiger partial charge in [0, 0.05) is 6.04 Å². The highest BCUT2D eigenvalue weighted by Crippen LogP contribution is 2.37. The third kappa shape index (κ3) is 4.31. The van der Waals surface area contributed by atoms with Crippen LogP contribution in [0.4, 0.5) is 0 Å². The summed E-state index contributed by atoms with van der Waals surface area (Å²) >= 11 is 0. The Morgan fingerprint density at radius 1 is 1.29 bits per heavy atom. The van der Waals surface area contributed by atoms with Crippen LogP contribution in [-0.2, 0) is 6.42 Å². The summed E-state index contributed by atoms with van der Waals surface area (Å²) in [7, 11) is 0. The zero-order chi connectivity index (χ0) is 15.5. The van der Waals surface area contributed by atoms with Crippen molar-refractivity contribution in [3.8, 4) is 0 Å². The Morgan fingerprint density at radius 2 is 2.00 bits per heavy atom. The van der Waals surface area contributed by atoms with Gasteiger partial charge in [0.25, 0.3) is 0 Å². The van der Waals surface area contributed by atoms with Crippen LogP contribution < -0.4 is 11.3 Å². The van der Waals surface area contributed by atoms with Crippen molar-refractivity contribution in [3.05, 3.63) is 35.4 Å². The Bertz CT molecular complexity index is 447. The molecule has 0 saturated heterocycles. The molecule has 0 saturated carbocycles. The highest BCUT2D eigenvalue weighted by Gasteiger charge is 2.27. The normalized spacial score (nSPS) is 21.7. The summed E-state index contributed by atoms with van der Waals surface area (Å²) < 4.78 is 0. The largest absolute Gasteiger partial charge is 0.271 e. The first-order valence-corrected chi connectivity index (χ1v) is 8.45. The standard InChI is InChI=1S/C19H32N2/c1-14(19(2,3)4)12-17(21-20)13-16-10-7-9-15-8-5-6-11-18(15)16/h5-6,8,11,14,16-17,21H,7,9-10,12-13,20H2,1-4H3. The van der Waals surface area contributed by atoms with Crippen molar-refractivity contribution in [2.24, 2.45) is 17.2 Å². The topological polar surface area (TPSA) is 38.0 Å². The Balaban J connectivity index is 2.03. The number of rotatable bonds is 5. The number of fused-ring (bicyclic) bond motifs is 1. The van der Waals surface area contributed by atoms with Crippen molar-refractivity contribution >= 4 is 0 Å². The van der Waals surface area contributed by atoms with Crippen LogP contribution in [0.25, 0.3) is 0 Å². The van der Waals surface area contributed by atoms with E-state index in [0.717, 1.165) is 12.8 Å². The van der Waals surface area contributed by atoms with Crippen molar-refractivity contribution < 1.29 is 0 Å². The van der Waals surface area contributed by atoms with Gasteiger partial charge in [-0.05, 0) is 60.5 Å². The fourth-order valence-corrected chi connectivity index (χ4v) is 3.46. The maximum absolute atomic E-state index is 5.85. The molecule has 0 radical (unpaired) electrons. The van der Waals surface area contributed by atoms with Crippen LogP contribution in [-0.4, -0.2) is 6.04 Å². The van der Waals surface area contributed by atoms with Crippen LogP contribution in [0.15, 0.2) is 24.3 Å². The van der Waals surface area contributed by atoms with Gasteiger partial charge in [0.2, 0.25) is 0 Å². The molecule has 0 spiro atoms. The molecule has 1 aliphatic carbocycles. The van der Waals surface area contributed by atoms with Gasteiger partial charge in [0.05, 0.1) is 0 Å². The van der Waals surface area contributed by atoms with E-state index in [1.807, 2.05) is 0 Å². The van der Waals surface area contributed by atoms with Crippen molar-refractivity contribution in [2.45, 2.75) is 71.8 Å². The molecule has 1 aromatic rings. The van der Waals surface area contributed by atoms with E-state index in [-0.39, 0.29) is 0 Å². The van der Waals surface area contributed by atoms with Gasteiger partial charge in [0.15, 0.2) is 0 Å². The first kappa shape index (κ1) is 16.5. The molecule has 3 atom stereocenters. The van der Waals surface area contributed by atoms with Gasteiger partial charge in [0.1, 0.15) is 0 Å². The lowest BCUT2D eigenvalue weighted by Crippen LogP contribution is -2.39. The highest BCUT2D eigenvalue weighted by molar-refractivity contribution is 5.32. The zero-order valence-electron chi connectivity index (χ0n) is 14.2. The molecule has 2 nitrogen and oxygen atoms in total. The smallest absolute Gasteiger partial charge is 0.0219 e. The lowest BCUT2D eigenvalue weighted by molar-refractivity contribution is 0.214. The lowest BCUT2D eigenvalue weighted by Gasteiger charge is -2.33. The average Bonchev–Trinajstić information content (AvgIpc) is 2.45. The summed E-state index contributed by atoms with van der Waals surface area (Å²) in [6.45, 7) is 9.31. The van der Waals surface area contributed by atoms with E-state index in [1.54, 1.807) is 11.1 Å². The molecule has 1 aromatic carbocycles. The highest BCUT2D eigenvalue weighted by atomic mass is 15.2. The quantitative estimate of drug-likeness (QED) is 0.622. The molecule has 0 aromatic heterocycles. The molecule has 0 aliphatic heterocycles. The van der Waals surface area contributed by atoms with Gasteiger partial charge < -0.3 is 0 Å². The van der Waals surface area contributed by atoms with Crippen molar-refractivity contribution in [1.29, 1.82) is 0 Å². The summed E-state index contributed by atoms with van der Waals surface area (Å²) in [5.41, 5.74) is 6.54. The van der Waals surface area contributed by atoms with Crippen LogP contribution in [0.3, 0.4) is 0 Å². The van der Waals surface area contributed by atoms with E-state index >= 15 is 0 Å². The minimum Gasteiger partial charge on any atom is -0.271 e. The minimum absolute atomic E-state index is 0.347. The molecular formula is C19H32N2. The average molecular weight is 288 g/mol. The third-order valence-corrected chi connectivity index (χ3v) is 5.41. The first-order valence-electron chi connectivity index (χ1n) is 8.45. The fraction of sp³-hybridized carbons (Fsp3) is 0.684. The molecule has 0 bridgehead atoms. The minimum atomic E-state index is 0.347. The van der Waals surface area contributed by atoms with Gasteiger partial charge in [-0.15, -0.1) is 0 Å². The summed E-state index contributed by atoms with van der Waals surface area (Å²) in [5, 5.41) is 0. The molecule has 3 N–H and O–H groups in total. The van der Waals surface area contributed by atoms with Gasteiger partial charge >= 0.3 is 0 Å². The maximum Gasteiger partial charge on any atom is 0.0219 e. The lowest BCUT2D eigenvalue weighted by atomic mass is 9.75. The van der Waals surface area contributed by atoms with Crippen LogP contribution in [0, 0.1) is 11.3 Å². The van der Waals surface area contributed by atoms with Gasteiger partial charge in [-0.25, -0.2) is 0 Å². The van der Waals surface area contributed by atoms with Gasteiger partial charge in [-0.1, -0.05) is 52.0 Å². The summed E-state index contributed by atoms with van der Waals surface area (Å²) in [6.07, 6.45) is 6.17. The van der Waals surface area contributed by atoms with E-state index in [0.29, 0.717) is 23.3 Å². The number of nitrogens with two attached hydrogens (primary N) is 1. The molecule has 0 amide bonds. The van der Waals surface area contributed by atoms with Crippen molar-refractivity contribution in [1.82, 2.24) is 5.43 Å². The van der Waals surface area contributed by atoms with Gasteiger partial charge in [-0.2, -0.15) is 0 Å². The Hall–Kier alpha value is -0.860. The van der Waals surface area contributed by atoms with Crippen LogP contribution in [0.5, 0.6) is 0 Å². The molecule has 21 heavy (non-hydrogen) atoms. The predicted molar refractivity (Wildman–Crippen MR) is 91.1 cm³/mol. The second-order valence-corrected chi connectivity index (χ2v) is 7.89. The SMILES string of the molecule is CC(CC(CC1CCCc2ccccc21)NN)C(C)(C)C. The number of hydrogen-bond acceptors (Lipinski definition) is 2. The number of nitrogens with one attached hydrogen (secondary N) is 1. The summed E-state index contributed by atoms with van der Waals surface area (Å²) in [4.78, 5) is 0. The first-order chi connectivity index (χ1) is 9.91. The zero-order valence-corrected chi connectivity index (χ0v) is 14.2. The molecule has 0 fully saturated rings. The predicted octanol–water partition coefficient (Wildman–Crippen LogP) is 4.40. The van der Waals surface area contributed by atoms with Gasteiger partial charge in [-0.3, -0.25) is 11.3 Å². The Morgan fingerprint density at radius 3 is 2.67 bits per heavy atom. The molecule has 3 unspecified atom stereocenters. The van der Waals surface area contributed by atoms with E-state index in [1.165, 1.54) is 19.3 Å². The Kier molecular flexibility index (Phi) is 5.45. The van der Waals surface area contributed by atoms with E-state index in [4.69, 9.17) is 5.84 Å². The fourth-order valence-electron chi connectivity index (χ4n) is 3.46. The molecular weight excluding hydrogens is 256 g/mol. The monoisotopic (exact) mass is 288 g/mol. The molecule has 1 aliphatic rings. The van der Waals surface area contributed by atoms with Crippen LogP contribution >= 0.6 is 0 Å². The number of hydrazine groups is 1. The second-order valence-electron chi connectivity index (χ2n) is 7.89. The summed E-state index contributed by atoms with van der Waals surface area (Å²) in [5.74, 6) is 7.19. The molecule has 0 heterocycles. The van der Waals surface area contributed by atoms with E-state index < -0.39 is 0 Å². The third-order valence-electron chi connectivity index (χ3n) is 5.41. The molecule has 2 rings (SSSR count). The number of aryl methyl sites for hydroxylation is 1.